The zero-order valence-electron chi connectivity index (χ0n) is 12.6. The molecule has 3 aromatic heterocycles. The summed E-state index contributed by atoms with van der Waals surface area (Å²) in [6.07, 6.45) is 5.53. The van der Waals surface area contributed by atoms with E-state index < -0.39 is 0 Å². The highest BCUT2D eigenvalue weighted by Crippen LogP contribution is 2.19. The van der Waals surface area contributed by atoms with Crippen molar-refractivity contribution in [3.8, 4) is 11.3 Å². The summed E-state index contributed by atoms with van der Waals surface area (Å²) in [6, 6.07) is 7.59. The number of hydrogen-bond acceptors (Lipinski definition) is 5. The fourth-order valence-corrected chi connectivity index (χ4v) is 3.35. The van der Waals surface area contributed by atoms with Gasteiger partial charge in [-0.2, -0.15) is 16.4 Å². The van der Waals surface area contributed by atoms with Crippen molar-refractivity contribution in [1.82, 2.24) is 20.1 Å². The van der Waals surface area contributed by atoms with Crippen LogP contribution in [0.3, 0.4) is 0 Å². The Bertz CT molecular complexity index is 783. The van der Waals surface area contributed by atoms with Crippen LogP contribution in [0.5, 0.6) is 0 Å². The van der Waals surface area contributed by atoms with Gasteiger partial charge >= 0.3 is 0 Å². The van der Waals surface area contributed by atoms with Crippen LogP contribution < -0.4 is 5.32 Å². The molecule has 0 atom stereocenters. The molecule has 0 saturated carbocycles. The molecule has 23 heavy (non-hydrogen) atoms. The summed E-state index contributed by atoms with van der Waals surface area (Å²) >= 11 is 3.12. The van der Waals surface area contributed by atoms with Crippen LogP contribution >= 0.6 is 23.1 Å². The first-order valence-electron chi connectivity index (χ1n) is 7.11. The minimum absolute atomic E-state index is 0.104. The molecule has 3 heterocycles. The second-order valence-electron chi connectivity index (χ2n) is 4.79. The molecule has 1 N–H and O–H groups in total. The molecule has 1 amide bonds. The van der Waals surface area contributed by atoms with Crippen molar-refractivity contribution in [3.05, 3.63) is 53.0 Å². The fraction of sp³-hybridized carbons (Fsp3) is 0.188. The van der Waals surface area contributed by atoms with E-state index in [0.717, 1.165) is 16.3 Å². The van der Waals surface area contributed by atoms with Gasteiger partial charge in [0, 0.05) is 29.9 Å². The Balaban J connectivity index is 1.56. The van der Waals surface area contributed by atoms with Crippen LogP contribution in [0.2, 0.25) is 0 Å². The molecule has 0 unspecified atom stereocenters. The number of aromatic nitrogens is 3. The number of thioether (sulfide) groups is 1. The Labute approximate surface area is 142 Å². The highest BCUT2D eigenvalue weighted by Gasteiger charge is 2.11. The first kappa shape index (κ1) is 15.8. The van der Waals surface area contributed by atoms with Crippen LogP contribution in [-0.4, -0.2) is 33.5 Å². The van der Waals surface area contributed by atoms with Gasteiger partial charge in [-0.05, 0) is 35.9 Å². The Kier molecular flexibility index (Phi) is 5.09. The van der Waals surface area contributed by atoms with Crippen molar-refractivity contribution in [3.63, 3.8) is 0 Å². The van der Waals surface area contributed by atoms with E-state index in [1.54, 1.807) is 29.7 Å². The largest absolute Gasteiger partial charge is 0.350 e. The molecule has 0 aliphatic rings. The number of hydrogen-bond donors (Lipinski definition) is 1. The fourth-order valence-electron chi connectivity index (χ4n) is 2.16. The van der Waals surface area contributed by atoms with E-state index in [2.05, 4.69) is 20.8 Å². The number of carbonyl (C=O) groups is 1. The summed E-state index contributed by atoms with van der Waals surface area (Å²) < 4.78 is 1.84. The maximum atomic E-state index is 12.2. The van der Waals surface area contributed by atoms with E-state index in [-0.39, 0.29) is 5.91 Å². The highest BCUT2D eigenvalue weighted by molar-refractivity contribution is 7.98. The monoisotopic (exact) mass is 344 g/mol. The van der Waals surface area contributed by atoms with Crippen molar-refractivity contribution in [2.45, 2.75) is 11.6 Å². The second kappa shape index (κ2) is 7.43. The lowest BCUT2D eigenvalue weighted by Crippen LogP contribution is -2.28. The average molecular weight is 344 g/mol. The average Bonchev–Trinajstić information content (AvgIpc) is 3.26. The summed E-state index contributed by atoms with van der Waals surface area (Å²) in [6.45, 7) is 1.15. The van der Waals surface area contributed by atoms with Crippen LogP contribution in [0.15, 0.2) is 52.4 Å². The number of rotatable bonds is 6. The maximum absolute atomic E-state index is 12.2. The van der Waals surface area contributed by atoms with Gasteiger partial charge < -0.3 is 5.32 Å². The van der Waals surface area contributed by atoms with E-state index >= 15 is 0 Å². The van der Waals surface area contributed by atoms with E-state index in [4.69, 9.17) is 0 Å². The van der Waals surface area contributed by atoms with Crippen LogP contribution in [0.25, 0.3) is 11.3 Å². The summed E-state index contributed by atoms with van der Waals surface area (Å²) in [5.74, 6) is -0.104. The topological polar surface area (TPSA) is 59.8 Å². The third-order valence-corrected chi connectivity index (χ3v) is 4.69. The second-order valence-corrected chi connectivity index (χ2v) is 6.37. The quantitative estimate of drug-likeness (QED) is 0.698. The molecule has 0 spiro atoms. The summed E-state index contributed by atoms with van der Waals surface area (Å²) in [4.78, 5) is 16.4. The van der Waals surface area contributed by atoms with Crippen molar-refractivity contribution in [1.29, 1.82) is 0 Å². The molecular weight excluding hydrogens is 328 g/mol. The minimum atomic E-state index is -0.104. The number of amides is 1. The third kappa shape index (κ3) is 3.80. The van der Waals surface area contributed by atoms with Crippen LogP contribution in [0.4, 0.5) is 0 Å². The molecule has 0 aromatic carbocycles. The van der Waals surface area contributed by atoms with Crippen LogP contribution in [-0.2, 0) is 6.54 Å². The molecule has 0 aliphatic carbocycles. The van der Waals surface area contributed by atoms with Crippen molar-refractivity contribution in [2.24, 2.45) is 0 Å². The maximum Gasteiger partial charge on any atom is 0.254 e. The molecular formula is C16H16N4OS2. The van der Waals surface area contributed by atoms with Gasteiger partial charge in [0.15, 0.2) is 0 Å². The van der Waals surface area contributed by atoms with Gasteiger partial charge in [-0.3, -0.25) is 9.48 Å². The van der Waals surface area contributed by atoms with Gasteiger partial charge in [-0.1, -0.05) is 0 Å². The molecule has 0 radical (unpaired) electrons. The van der Waals surface area contributed by atoms with Gasteiger partial charge in [-0.25, -0.2) is 4.98 Å². The Hall–Kier alpha value is -2.12. The van der Waals surface area contributed by atoms with Gasteiger partial charge in [0.2, 0.25) is 0 Å². The van der Waals surface area contributed by atoms with E-state index in [1.807, 2.05) is 34.6 Å². The van der Waals surface area contributed by atoms with E-state index in [0.29, 0.717) is 18.7 Å². The summed E-state index contributed by atoms with van der Waals surface area (Å²) in [5, 5.41) is 12.3. The lowest BCUT2D eigenvalue weighted by molar-refractivity contribution is 0.0948. The molecule has 0 bridgehead atoms. The van der Waals surface area contributed by atoms with Gasteiger partial charge in [0.25, 0.3) is 5.91 Å². The molecule has 118 valence electrons. The lowest BCUT2D eigenvalue weighted by Gasteiger charge is -2.07. The normalized spacial score (nSPS) is 10.7. The smallest absolute Gasteiger partial charge is 0.254 e. The van der Waals surface area contributed by atoms with Gasteiger partial charge in [0.05, 0.1) is 17.8 Å². The molecule has 5 nitrogen and oxygen atoms in total. The number of nitrogens with one attached hydrogen (secondary N) is 1. The molecule has 3 aromatic rings. The first-order chi connectivity index (χ1) is 11.3. The zero-order valence-corrected chi connectivity index (χ0v) is 14.2. The SMILES string of the molecule is CSc1ncccc1C(=O)NCCn1ccc(-c2ccsc2)n1. The van der Waals surface area contributed by atoms with Crippen molar-refractivity contribution < 1.29 is 4.79 Å². The highest BCUT2D eigenvalue weighted by atomic mass is 32.2. The van der Waals surface area contributed by atoms with Gasteiger partial charge in [0.1, 0.15) is 5.03 Å². The molecule has 3 rings (SSSR count). The van der Waals surface area contributed by atoms with Crippen molar-refractivity contribution in [2.75, 3.05) is 12.8 Å². The molecule has 7 heteroatoms. The molecule has 0 aliphatic heterocycles. The Morgan fingerprint density at radius 2 is 2.30 bits per heavy atom. The van der Waals surface area contributed by atoms with E-state index in [9.17, 15) is 4.79 Å². The number of thiophene rings is 1. The van der Waals surface area contributed by atoms with E-state index in [1.165, 1.54) is 11.8 Å². The molecule has 0 saturated heterocycles. The number of nitrogens with zero attached hydrogens (tertiary/aromatic N) is 3. The third-order valence-electron chi connectivity index (χ3n) is 3.29. The van der Waals surface area contributed by atoms with Gasteiger partial charge in [-0.15, -0.1) is 11.8 Å². The molecule has 0 fully saturated rings. The zero-order chi connectivity index (χ0) is 16.1. The van der Waals surface area contributed by atoms with Crippen molar-refractivity contribution >= 4 is 29.0 Å². The predicted octanol–water partition coefficient (Wildman–Crippen LogP) is 3.16. The number of pyridine rings is 1. The Morgan fingerprint density at radius 1 is 1.39 bits per heavy atom. The van der Waals surface area contributed by atoms with Crippen LogP contribution in [0.1, 0.15) is 10.4 Å². The number of carbonyl (C=O) groups excluding carboxylic acids is 1. The Morgan fingerprint density at radius 3 is 3.09 bits per heavy atom. The van der Waals surface area contributed by atoms with Crippen LogP contribution in [0, 0.1) is 0 Å². The predicted molar refractivity (Wildman–Crippen MR) is 93.9 cm³/mol. The minimum Gasteiger partial charge on any atom is -0.350 e. The first-order valence-corrected chi connectivity index (χ1v) is 9.28. The summed E-state index contributed by atoms with van der Waals surface area (Å²) in [5.41, 5.74) is 2.69. The lowest BCUT2D eigenvalue weighted by atomic mass is 10.2. The standard InChI is InChI=1S/C16H16N4OS2/c1-22-16-13(3-2-6-18-16)15(21)17-7-9-20-8-4-14(19-20)12-5-10-23-11-12/h2-6,8,10-11H,7,9H2,1H3,(H,17,21). The summed E-state index contributed by atoms with van der Waals surface area (Å²) in [7, 11) is 0.